The van der Waals surface area contributed by atoms with Crippen LogP contribution in [0.5, 0.6) is 0 Å². The van der Waals surface area contributed by atoms with E-state index in [1.54, 1.807) is 18.5 Å². The molecule has 0 saturated heterocycles. The van der Waals surface area contributed by atoms with Crippen molar-refractivity contribution in [3.05, 3.63) is 35.4 Å². The van der Waals surface area contributed by atoms with Gasteiger partial charge in [0.05, 0.1) is 30.4 Å². The summed E-state index contributed by atoms with van der Waals surface area (Å²) in [6.45, 7) is 6.95. The largest absolute Gasteiger partial charge is 2.00 e. The minimum absolute atomic E-state index is 0. The van der Waals surface area contributed by atoms with Crippen LogP contribution in [0.2, 0.25) is 0 Å². The van der Waals surface area contributed by atoms with Gasteiger partial charge in [-0.1, -0.05) is 39.0 Å². The Balaban J connectivity index is -0.000000345. The molecule has 0 fully saturated rings. The Kier molecular flexibility index (Phi) is 20.1. The molecule has 0 unspecified atom stereocenters. The van der Waals surface area contributed by atoms with Gasteiger partial charge in [0.2, 0.25) is 0 Å². The SMILES string of the molecule is CCC[PH+](CCC)CCC.O=C([O-])c1cccc(C(=O)[O-])c1.[Mg+2].[OH-]. The molecular formula is C17H27MgO5P. The predicted octanol–water partition coefficient (Wildman–Crippen LogP) is 1.29. The van der Waals surface area contributed by atoms with Crippen LogP contribution >= 0.6 is 7.92 Å². The molecule has 0 saturated carbocycles. The molecule has 0 atom stereocenters. The normalized spacial score (nSPS) is 9.17. The number of hydrogen-bond acceptors (Lipinski definition) is 5. The molecule has 5 nitrogen and oxygen atoms in total. The molecule has 1 N–H and O–H groups in total. The van der Waals surface area contributed by atoms with E-state index < -0.39 is 11.9 Å². The standard InChI is InChI=1S/C9H21P.C8H6O4.Mg.H2O/c1-4-7-10(8-5-2)9-6-3;9-7(10)5-2-1-3-6(4-5)8(11)12;;/h4-9H2,1-3H3;1-4H,(H,9,10)(H,11,12);;1H2/q;;+2;/p-2. The molecule has 1 aromatic rings. The summed E-state index contributed by atoms with van der Waals surface area (Å²) in [5.74, 6) is -2.81. The first kappa shape index (κ1) is 28.1. The molecule has 0 radical (unpaired) electrons. The van der Waals surface area contributed by atoms with Gasteiger partial charge in [-0.05, 0) is 36.5 Å². The van der Waals surface area contributed by atoms with E-state index >= 15 is 0 Å². The molecule has 0 bridgehead atoms. The smallest absolute Gasteiger partial charge is 0.870 e. The van der Waals surface area contributed by atoms with E-state index in [1.807, 2.05) is 0 Å². The van der Waals surface area contributed by atoms with Crippen molar-refractivity contribution >= 4 is 42.9 Å². The van der Waals surface area contributed by atoms with E-state index in [0.717, 1.165) is 6.07 Å². The summed E-state index contributed by atoms with van der Waals surface area (Å²) < 4.78 is 0. The first-order valence-electron chi connectivity index (χ1n) is 7.82. The van der Waals surface area contributed by atoms with Crippen LogP contribution in [-0.4, -0.2) is 59.0 Å². The van der Waals surface area contributed by atoms with E-state index in [9.17, 15) is 19.8 Å². The summed E-state index contributed by atoms with van der Waals surface area (Å²) in [6.07, 6.45) is 8.88. The number of rotatable bonds is 8. The molecule has 1 aromatic carbocycles. The van der Waals surface area contributed by atoms with Gasteiger partial charge in [0.15, 0.2) is 0 Å². The molecule has 0 aliphatic carbocycles. The van der Waals surface area contributed by atoms with Crippen molar-refractivity contribution in [2.75, 3.05) is 18.5 Å². The fourth-order valence-corrected chi connectivity index (χ4v) is 5.08. The van der Waals surface area contributed by atoms with Gasteiger partial charge < -0.3 is 25.3 Å². The van der Waals surface area contributed by atoms with Crippen LogP contribution in [0.25, 0.3) is 0 Å². The Labute approximate surface area is 162 Å². The van der Waals surface area contributed by atoms with Crippen LogP contribution in [-0.2, 0) is 0 Å². The van der Waals surface area contributed by atoms with Gasteiger partial charge in [-0.15, -0.1) is 0 Å². The summed E-state index contributed by atoms with van der Waals surface area (Å²) in [6, 6.07) is 4.81. The quantitative estimate of drug-likeness (QED) is 0.508. The third kappa shape index (κ3) is 12.7. The van der Waals surface area contributed by atoms with Crippen molar-refractivity contribution in [1.82, 2.24) is 0 Å². The van der Waals surface area contributed by atoms with Gasteiger partial charge in [0, 0.05) is 7.92 Å². The maximum Gasteiger partial charge on any atom is 2.00 e. The Morgan fingerprint density at radius 3 is 1.46 bits per heavy atom. The average molecular weight is 367 g/mol. The van der Waals surface area contributed by atoms with Gasteiger partial charge in [-0.3, -0.25) is 0 Å². The zero-order valence-electron chi connectivity index (χ0n) is 14.8. The van der Waals surface area contributed by atoms with Crippen molar-refractivity contribution in [3.8, 4) is 0 Å². The topological polar surface area (TPSA) is 110 Å². The van der Waals surface area contributed by atoms with Crippen LogP contribution in [0.3, 0.4) is 0 Å². The number of carbonyl (C=O) groups excluding carboxylic acids is 2. The van der Waals surface area contributed by atoms with Crippen LogP contribution in [0.15, 0.2) is 24.3 Å². The summed E-state index contributed by atoms with van der Waals surface area (Å²) in [4.78, 5) is 20.5. The van der Waals surface area contributed by atoms with Crippen LogP contribution < -0.4 is 10.2 Å². The summed E-state index contributed by atoms with van der Waals surface area (Å²) in [5.41, 5.74) is -0.339. The summed E-state index contributed by atoms with van der Waals surface area (Å²) >= 11 is 0. The Bertz CT molecular complexity index is 425. The van der Waals surface area contributed by atoms with Crippen molar-refractivity contribution in [2.24, 2.45) is 0 Å². The Morgan fingerprint density at radius 1 is 0.875 bits per heavy atom. The van der Waals surface area contributed by atoms with E-state index in [2.05, 4.69) is 20.8 Å². The Hall–Kier alpha value is -0.684. The van der Waals surface area contributed by atoms with Gasteiger partial charge in [0.1, 0.15) is 0 Å². The molecule has 0 aliphatic heterocycles. The second kappa shape index (κ2) is 17.1. The zero-order chi connectivity index (χ0) is 17.0. The van der Waals surface area contributed by atoms with Gasteiger partial charge >= 0.3 is 23.1 Å². The molecule has 0 aromatic heterocycles. The average Bonchev–Trinajstić information content (AvgIpc) is 2.49. The summed E-state index contributed by atoms with van der Waals surface area (Å²) in [7, 11) is 0.103. The molecule has 1 rings (SSSR count). The maximum absolute atomic E-state index is 10.3. The van der Waals surface area contributed by atoms with Crippen molar-refractivity contribution in [3.63, 3.8) is 0 Å². The number of carboxylic acids is 2. The number of benzene rings is 1. The summed E-state index contributed by atoms with van der Waals surface area (Å²) in [5, 5.41) is 20.5. The second-order valence-corrected chi connectivity index (χ2v) is 8.16. The van der Waals surface area contributed by atoms with Crippen molar-refractivity contribution < 1.29 is 25.3 Å². The zero-order valence-corrected chi connectivity index (χ0v) is 17.3. The molecule has 0 aliphatic rings. The maximum atomic E-state index is 10.3. The third-order valence-corrected chi connectivity index (χ3v) is 6.77. The number of carbonyl (C=O) groups is 2. The van der Waals surface area contributed by atoms with Gasteiger partial charge in [-0.25, -0.2) is 0 Å². The van der Waals surface area contributed by atoms with Crippen LogP contribution in [0.1, 0.15) is 60.7 Å². The van der Waals surface area contributed by atoms with Crippen LogP contribution in [0.4, 0.5) is 0 Å². The molecule has 0 heterocycles. The predicted molar refractivity (Wildman–Crippen MR) is 96.6 cm³/mol. The molecular weight excluding hydrogens is 339 g/mol. The molecule has 0 amide bonds. The minimum Gasteiger partial charge on any atom is -0.870 e. The number of hydrogen-bond donors (Lipinski definition) is 0. The van der Waals surface area contributed by atoms with Crippen molar-refractivity contribution in [2.45, 2.75) is 40.0 Å². The molecule has 24 heavy (non-hydrogen) atoms. The van der Waals surface area contributed by atoms with E-state index in [4.69, 9.17) is 0 Å². The van der Waals surface area contributed by atoms with E-state index in [0.29, 0.717) is 0 Å². The first-order valence-corrected chi connectivity index (χ1v) is 9.94. The Morgan fingerprint density at radius 2 is 1.21 bits per heavy atom. The monoisotopic (exact) mass is 366 g/mol. The number of aromatic carboxylic acids is 2. The second-order valence-electron chi connectivity index (χ2n) is 5.16. The number of carboxylic acid groups (broad SMARTS) is 2. The third-order valence-electron chi connectivity index (χ3n) is 3.14. The van der Waals surface area contributed by atoms with E-state index in [-0.39, 0.29) is 47.6 Å². The molecule has 0 spiro atoms. The fourth-order valence-electron chi connectivity index (χ4n) is 2.21. The van der Waals surface area contributed by atoms with E-state index in [1.165, 1.54) is 37.5 Å². The van der Waals surface area contributed by atoms with Gasteiger partial charge in [-0.2, -0.15) is 0 Å². The molecule has 7 heteroatoms. The van der Waals surface area contributed by atoms with Crippen LogP contribution in [0, 0.1) is 0 Å². The van der Waals surface area contributed by atoms with Gasteiger partial charge in [0.25, 0.3) is 0 Å². The fraction of sp³-hybridized carbons (Fsp3) is 0.529. The van der Waals surface area contributed by atoms with Crippen molar-refractivity contribution in [1.29, 1.82) is 0 Å². The minimum atomic E-state index is -1.40. The first-order chi connectivity index (χ1) is 10.5. The molecule has 132 valence electrons.